The lowest BCUT2D eigenvalue weighted by Gasteiger charge is -2.29. The van der Waals surface area contributed by atoms with E-state index in [-0.39, 0.29) is 6.61 Å². The highest BCUT2D eigenvalue weighted by molar-refractivity contribution is 4.73. The first kappa shape index (κ1) is 7.94. The standard InChI is InChI=1S/C6H12O4/c7-3-5-4(8)1-2-6(9)10-5/h4-9H,1-3H2/t4-,5+,6+/m1/s1. The van der Waals surface area contributed by atoms with Crippen LogP contribution in [0.25, 0.3) is 0 Å². The summed E-state index contributed by atoms with van der Waals surface area (Å²) >= 11 is 0. The Morgan fingerprint density at radius 3 is 2.50 bits per heavy atom. The molecule has 4 heteroatoms. The molecule has 0 amide bonds. The summed E-state index contributed by atoms with van der Waals surface area (Å²) in [5.41, 5.74) is 0. The van der Waals surface area contributed by atoms with Gasteiger partial charge in [-0.05, 0) is 6.42 Å². The fraction of sp³-hybridized carbons (Fsp3) is 1.00. The van der Waals surface area contributed by atoms with Crippen molar-refractivity contribution in [1.82, 2.24) is 0 Å². The summed E-state index contributed by atoms with van der Waals surface area (Å²) in [5.74, 6) is 0. The molecule has 0 aromatic carbocycles. The second-order valence-corrected chi connectivity index (χ2v) is 2.46. The number of hydrogen-bond donors (Lipinski definition) is 3. The Balaban J connectivity index is 2.38. The Kier molecular flexibility index (Phi) is 2.62. The topological polar surface area (TPSA) is 69.9 Å². The molecule has 0 bridgehead atoms. The van der Waals surface area contributed by atoms with Crippen molar-refractivity contribution in [2.24, 2.45) is 0 Å². The van der Waals surface area contributed by atoms with Crippen molar-refractivity contribution in [2.45, 2.75) is 31.3 Å². The Bertz CT molecular complexity index is 106. The second-order valence-electron chi connectivity index (χ2n) is 2.46. The average Bonchev–Trinajstić information content (AvgIpc) is 1.94. The lowest BCUT2D eigenvalue weighted by Crippen LogP contribution is -2.40. The average molecular weight is 148 g/mol. The molecule has 0 spiro atoms. The van der Waals surface area contributed by atoms with E-state index in [4.69, 9.17) is 20.1 Å². The third kappa shape index (κ3) is 1.67. The van der Waals surface area contributed by atoms with Crippen LogP contribution < -0.4 is 0 Å². The van der Waals surface area contributed by atoms with E-state index in [0.29, 0.717) is 12.8 Å². The molecule has 0 aromatic rings. The number of ether oxygens (including phenoxy) is 1. The molecule has 3 atom stereocenters. The van der Waals surface area contributed by atoms with Crippen LogP contribution in [-0.2, 0) is 4.74 Å². The van der Waals surface area contributed by atoms with Gasteiger partial charge in [0.05, 0.1) is 12.7 Å². The van der Waals surface area contributed by atoms with Crippen LogP contribution in [0, 0.1) is 0 Å². The van der Waals surface area contributed by atoms with Gasteiger partial charge in [-0.25, -0.2) is 0 Å². The van der Waals surface area contributed by atoms with Gasteiger partial charge in [0.25, 0.3) is 0 Å². The first-order valence-corrected chi connectivity index (χ1v) is 3.36. The van der Waals surface area contributed by atoms with Crippen molar-refractivity contribution in [3.05, 3.63) is 0 Å². The summed E-state index contributed by atoms with van der Waals surface area (Å²) in [5, 5.41) is 26.6. The fourth-order valence-electron chi connectivity index (χ4n) is 1.02. The van der Waals surface area contributed by atoms with Gasteiger partial charge in [-0.2, -0.15) is 0 Å². The molecule has 0 radical (unpaired) electrons. The first-order chi connectivity index (χ1) is 4.74. The van der Waals surface area contributed by atoms with Gasteiger partial charge in [-0.3, -0.25) is 0 Å². The molecular formula is C6H12O4. The van der Waals surface area contributed by atoms with Crippen molar-refractivity contribution in [3.63, 3.8) is 0 Å². The maximum atomic E-state index is 9.09. The summed E-state index contributed by atoms with van der Waals surface area (Å²) < 4.78 is 4.80. The molecule has 0 unspecified atom stereocenters. The SMILES string of the molecule is OC[C@@H]1O[C@H](O)CC[C@H]1O. The summed E-state index contributed by atoms with van der Waals surface area (Å²) in [7, 11) is 0. The number of rotatable bonds is 1. The van der Waals surface area contributed by atoms with E-state index < -0.39 is 18.5 Å². The maximum Gasteiger partial charge on any atom is 0.155 e. The molecule has 4 nitrogen and oxygen atoms in total. The molecule has 1 aliphatic rings. The monoisotopic (exact) mass is 148 g/mol. The number of hydrogen-bond acceptors (Lipinski definition) is 4. The van der Waals surface area contributed by atoms with Gasteiger partial charge in [-0.1, -0.05) is 0 Å². The van der Waals surface area contributed by atoms with E-state index in [1.54, 1.807) is 0 Å². The van der Waals surface area contributed by atoms with Gasteiger partial charge in [-0.15, -0.1) is 0 Å². The Hall–Kier alpha value is -0.160. The van der Waals surface area contributed by atoms with Crippen molar-refractivity contribution in [3.8, 4) is 0 Å². The lowest BCUT2D eigenvalue weighted by molar-refractivity contribution is -0.207. The smallest absolute Gasteiger partial charge is 0.155 e. The Morgan fingerprint density at radius 1 is 1.30 bits per heavy atom. The molecule has 1 saturated heterocycles. The van der Waals surface area contributed by atoms with Crippen molar-refractivity contribution in [2.75, 3.05) is 6.61 Å². The highest BCUT2D eigenvalue weighted by Gasteiger charge is 2.27. The minimum atomic E-state index is -0.819. The van der Waals surface area contributed by atoms with Gasteiger partial charge in [0.15, 0.2) is 6.29 Å². The zero-order valence-electron chi connectivity index (χ0n) is 5.60. The van der Waals surface area contributed by atoms with Crippen LogP contribution in [0.3, 0.4) is 0 Å². The third-order valence-electron chi connectivity index (χ3n) is 1.65. The predicted octanol–water partition coefficient (Wildman–Crippen LogP) is -1.16. The van der Waals surface area contributed by atoms with E-state index in [9.17, 15) is 0 Å². The summed E-state index contributed by atoms with van der Waals surface area (Å²) in [6.45, 7) is -0.238. The summed E-state index contributed by atoms with van der Waals surface area (Å²) in [6, 6.07) is 0. The minimum absolute atomic E-state index is 0.238. The number of aliphatic hydroxyl groups excluding tert-OH is 3. The van der Waals surface area contributed by atoms with Gasteiger partial charge >= 0.3 is 0 Å². The van der Waals surface area contributed by atoms with E-state index in [2.05, 4.69) is 0 Å². The Morgan fingerprint density at radius 2 is 2.00 bits per heavy atom. The van der Waals surface area contributed by atoms with E-state index >= 15 is 0 Å². The molecule has 3 N–H and O–H groups in total. The molecule has 10 heavy (non-hydrogen) atoms. The quantitative estimate of drug-likeness (QED) is 0.438. The zero-order valence-corrected chi connectivity index (χ0v) is 5.60. The van der Waals surface area contributed by atoms with Crippen LogP contribution in [0.1, 0.15) is 12.8 Å². The first-order valence-electron chi connectivity index (χ1n) is 3.36. The van der Waals surface area contributed by atoms with Gasteiger partial charge in [0.2, 0.25) is 0 Å². The molecule has 1 aliphatic heterocycles. The maximum absolute atomic E-state index is 9.09. The van der Waals surface area contributed by atoms with Crippen LogP contribution in [0.4, 0.5) is 0 Å². The predicted molar refractivity (Wildman–Crippen MR) is 33.2 cm³/mol. The van der Waals surface area contributed by atoms with Crippen molar-refractivity contribution < 1.29 is 20.1 Å². The van der Waals surface area contributed by atoms with E-state index in [0.717, 1.165) is 0 Å². The van der Waals surface area contributed by atoms with Crippen LogP contribution in [-0.4, -0.2) is 40.4 Å². The summed E-state index contributed by atoms with van der Waals surface area (Å²) in [6.07, 6.45) is -1.12. The lowest BCUT2D eigenvalue weighted by atomic mass is 10.1. The number of aliphatic hydroxyl groups is 3. The summed E-state index contributed by atoms with van der Waals surface area (Å²) in [4.78, 5) is 0. The van der Waals surface area contributed by atoms with Gasteiger partial charge in [0.1, 0.15) is 6.10 Å². The normalized spacial score (nSPS) is 41.7. The Labute approximate surface area is 59.1 Å². The minimum Gasteiger partial charge on any atom is -0.394 e. The molecular weight excluding hydrogens is 136 g/mol. The van der Waals surface area contributed by atoms with Crippen LogP contribution in [0.5, 0.6) is 0 Å². The zero-order chi connectivity index (χ0) is 7.56. The second kappa shape index (κ2) is 3.30. The van der Waals surface area contributed by atoms with Gasteiger partial charge in [0, 0.05) is 6.42 Å². The molecule has 1 heterocycles. The largest absolute Gasteiger partial charge is 0.394 e. The highest BCUT2D eigenvalue weighted by Crippen LogP contribution is 2.17. The molecule has 0 saturated carbocycles. The molecule has 1 rings (SSSR count). The van der Waals surface area contributed by atoms with Gasteiger partial charge < -0.3 is 20.1 Å². The van der Waals surface area contributed by atoms with Crippen molar-refractivity contribution >= 4 is 0 Å². The van der Waals surface area contributed by atoms with Crippen LogP contribution >= 0.6 is 0 Å². The van der Waals surface area contributed by atoms with E-state index in [1.807, 2.05) is 0 Å². The third-order valence-corrected chi connectivity index (χ3v) is 1.65. The molecule has 0 aliphatic carbocycles. The van der Waals surface area contributed by atoms with Crippen LogP contribution in [0.15, 0.2) is 0 Å². The molecule has 60 valence electrons. The molecule has 0 aromatic heterocycles. The highest BCUT2D eigenvalue weighted by atomic mass is 16.6. The van der Waals surface area contributed by atoms with Crippen LogP contribution in [0.2, 0.25) is 0 Å². The fourth-order valence-corrected chi connectivity index (χ4v) is 1.02. The molecule has 1 fully saturated rings. The van der Waals surface area contributed by atoms with Crippen molar-refractivity contribution in [1.29, 1.82) is 0 Å². The van der Waals surface area contributed by atoms with E-state index in [1.165, 1.54) is 0 Å².